The molecule has 1 unspecified atom stereocenters. The molecule has 2 rings (SSSR count). The first-order valence-electron chi connectivity index (χ1n) is 6.49. The predicted octanol–water partition coefficient (Wildman–Crippen LogP) is 1.78. The van der Waals surface area contributed by atoms with Crippen LogP contribution in [0.1, 0.15) is 24.4 Å². The Bertz CT molecular complexity index is 483. The molecule has 0 aliphatic heterocycles. The van der Waals surface area contributed by atoms with Crippen molar-refractivity contribution >= 4 is 0 Å². The van der Waals surface area contributed by atoms with Crippen LogP contribution < -0.4 is 5.32 Å². The van der Waals surface area contributed by atoms with Gasteiger partial charge < -0.3 is 14.6 Å². The third-order valence-electron chi connectivity index (χ3n) is 3.08. The summed E-state index contributed by atoms with van der Waals surface area (Å²) < 4.78 is 7.31. The Balaban J connectivity index is 2.02. The molecule has 0 spiro atoms. The third kappa shape index (κ3) is 3.62. The molecular weight excluding hydrogens is 240 g/mol. The van der Waals surface area contributed by atoms with Crippen molar-refractivity contribution in [3.05, 3.63) is 48.0 Å². The second-order valence-corrected chi connectivity index (χ2v) is 4.33. The number of methoxy groups -OCH3 is 1. The van der Waals surface area contributed by atoms with E-state index >= 15 is 0 Å². The first-order valence-corrected chi connectivity index (χ1v) is 6.49. The van der Waals surface area contributed by atoms with Crippen LogP contribution >= 0.6 is 0 Å². The van der Waals surface area contributed by atoms with Gasteiger partial charge in [0.15, 0.2) is 0 Å². The second-order valence-electron chi connectivity index (χ2n) is 4.33. The topological polar surface area (TPSA) is 52.0 Å². The van der Waals surface area contributed by atoms with Gasteiger partial charge in [0.25, 0.3) is 0 Å². The molecule has 0 amide bonds. The summed E-state index contributed by atoms with van der Waals surface area (Å²) in [4.78, 5) is 0. The van der Waals surface area contributed by atoms with Crippen LogP contribution in [0.15, 0.2) is 36.7 Å². The van der Waals surface area contributed by atoms with E-state index in [-0.39, 0.29) is 6.04 Å². The molecule has 0 aliphatic rings. The quantitative estimate of drug-likeness (QED) is 0.824. The van der Waals surface area contributed by atoms with Gasteiger partial charge in [-0.25, -0.2) is 0 Å². The van der Waals surface area contributed by atoms with Crippen LogP contribution in [-0.2, 0) is 17.8 Å². The van der Waals surface area contributed by atoms with E-state index in [2.05, 4.69) is 34.6 Å². The van der Waals surface area contributed by atoms with Crippen LogP contribution in [0.3, 0.4) is 0 Å². The van der Waals surface area contributed by atoms with Crippen LogP contribution in [0, 0.1) is 0 Å². The summed E-state index contributed by atoms with van der Waals surface area (Å²) in [5.74, 6) is 0.944. The highest BCUT2D eigenvalue weighted by atomic mass is 16.5. The van der Waals surface area contributed by atoms with Crippen molar-refractivity contribution in [2.24, 2.45) is 0 Å². The highest BCUT2D eigenvalue weighted by Crippen LogP contribution is 2.13. The maximum atomic E-state index is 5.28. The smallest absolute Gasteiger partial charge is 0.146 e. The molecule has 1 aromatic carbocycles. The Morgan fingerprint density at radius 1 is 1.32 bits per heavy atom. The molecule has 1 N–H and O–H groups in total. The highest BCUT2D eigenvalue weighted by Gasteiger charge is 2.12. The number of hydrogen-bond donors (Lipinski definition) is 1. The fourth-order valence-electron chi connectivity index (χ4n) is 2.02. The fraction of sp³-hybridized carbons (Fsp3) is 0.429. The van der Waals surface area contributed by atoms with Crippen LogP contribution in [0.5, 0.6) is 0 Å². The maximum absolute atomic E-state index is 5.28. The number of benzene rings is 1. The summed E-state index contributed by atoms with van der Waals surface area (Å²) in [7, 11) is 1.71. The molecule has 5 heteroatoms. The SMILES string of the molecule is CCn1cnnc1CNC(COC)c1ccccc1. The van der Waals surface area contributed by atoms with E-state index in [0.29, 0.717) is 13.2 Å². The van der Waals surface area contributed by atoms with E-state index in [4.69, 9.17) is 4.74 Å². The molecule has 1 aromatic heterocycles. The van der Waals surface area contributed by atoms with Crippen molar-refractivity contribution < 1.29 is 4.74 Å². The molecule has 0 fully saturated rings. The number of aryl methyl sites for hydroxylation is 1. The zero-order valence-corrected chi connectivity index (χ0v) is 11.4. The highest BCUT2D eigenvalue weighted by molar-refractivity contribution is 5.19. The van der Waals surface area contributed by atoms with E-state index < -0.39 is 0 Å². The molecule has 0 radical (unpaired) electrons. The Morgan fingerprint density at radius 3 is 2.79 bits per heavy atom. The lowest BCUT2D eigenvalue weighted by Crippen LogP contribution is -2.26. The molecule has 0 aliphatic carbocycles. The average molecular weight is 260 g/mol. The van der Waals surface area contributed by atoms with E-state index in [1.165, 1.54) is 5.56 Å². The molecule has 5 nitrogen and oxygen atoms in total. The number of rotatable bonds is 7. The average Bonchev–Trinajstić information content (AvgIpc) is 2.92. The summed E-state index contributed by atoms with van der Waals surface area (Å²) in [6, 6.07) is 10.4. The van der Waals surface area contributed by atoms with Crippen LogP contribution in [0.2, 0.25) is 0 Å². The van der Waals surface area contributed by atoms with Gasteiger partial charge in [0.1, 0.15) is 12.2 Å². The molecule has 1 heterocycles. The standard InChI is InChI=1S/C14H20N4O/c1-3-18-11-16-17-14(18)9-15-13(10-19-2)12-7-5-4-6-8-12/h4-8,11,13,15H,3,9-10H2,1-2H3. The molecule has 0 saturated carbocycles. The van der Waals surface area contributed by atoms with Gasteiger partial charge in [-0.15, -0.1) is 10.2 Å². The van der Waals surface area contributed by atoms with E-state index in [0.717, 1.165) is 12.4 Å². The number of ether oxygens (including phenoxy) is 1. The van der Waals surface area contributed by atoms with Crippen LogP contribution in [0.25, 0.3) is 0 Å². The van der Waals surface area contributed by atoms with Gasteiger partial charge in [-0.1, -0.05) is 30.3 Å². The first-order chi connectivity index (χ1) is 9.35. The van der Waals surface area contributed by atoms with Crippen LogP contribution in [-0.4, -0.2) is 28.5 Å². The summed E-state index contributed by atoms with van der Waals surface area (Å²) in [6.07, 6.45) is 1.75. The number of nitrogens with one attached hydrogen (secondary N) is 1. The lowest BCUT2D eigenvalue weighted by Gasteiger charge is -2.18. The van der Waals surface area contributed by atoms with Gasteiger partial charge in [0.05, 0.1) is 19.2 Å². The second kappa shape index (κ2) is 7.01. The van der Waals surface area contributed by atoms with Crippen molar-refractivity contribution in [3.63, 3.8) is 0 Å². The Kier molecular flexibility index (Phi) is 5.06. The zero-order chi connectivity index (χ0) is 13.5. The molecule has 0 bridgehead atoms. The number of hydrogen-bond acceptors (Lipinski definition) is 4. The monoisotopic (exact) mass is 260 g/mol. The zero-order valence-electron chi connectivity index (χ0n) is 11.4. The Morgan fingerprint density at radius 2 is 2.11 bits per heavy atom. The molecule has 19 heavy (non-hydrogen) atoms. The predicted molar refractivity (Wildman–Crippen MR) is 73.6 cm³/mol. The lowest BCUT2D eigenvalue weighted by molar-refractivity contribution is 0.165. The Hall–Kier alpha value is -1.72. The van der Waals surface area contributed by atoms with E-state index in [9.17, 15) is 0 Å². The van der Waals surface area contributed by atoms with Crippen molar-refractivity contribution in [1.82, 2.24) is 20.1 Å². The van der Waals surface area contributed by atoms with Gasteiger partial charge in [-0.05, 0) is 12.5 Å². The first kappa shape index (κ1) is 13.7. The number of aromatic nitrogens is 3. The largest absolute Gasteiger partial charge is 0.383 e. The summed E-state index contributed by atoms with van der Waals surface area (Å²) in [5, 5.41) is 11.5. The van der Waals surface area contributed by atoms with E-state index in [1.54, 1.807) is 13.4 Å². The van der Waals surface area contributed by atoms with Gasteiger partial charge in [0, 0.05) is 13.7 Å². The minimum Gasteiger partial charge on any atom is -0.383 e. The minimum atomic E-state index is 0.160. The molecule has 102 valence electrons. The van der Waals surface area contributed by atoms with Gasteiger partial charge in [-0.2, -0.15) is 0 Å². The van der Waals surface area contributed by atoms with Gasteiger partial charge in [0.2, 0.25) is 0 Å². The Labute approximate surface area is 113 Å². The fourth-order valence-corrected chi connectivity index (χ4v) is 2.02. The van der Waals surface area contributed by atoms with Crippen molar-refractivity contribution in [1.29, 1.82) is 0 Å². The van der Waals surface area contributed by atoms with Crippen molar-refractivity contribution in [3.8, 4) is 0 Å². The third-order valence-corrected chi connectivity index (χ3v) is 3.08. The van der Waals surface area contributed by atoms with Crippen molar-refractivity contribution in [2.75, 3.05) is 13.7 Å². The normalized spacial score (nSPS) is 12.5. The summed E-state index contributed by atoms with van der Waals surface area (Å²) in [5.41, 5.74) is 1.21. The maximum Gasteiger partial charge on any atom is 0.146 e. The summed E-state index contributed by atoms with van der Waals surface area (Å²) in [6.45, 7) is 4.27. The minimum absolute atomic E-state index is 0.160. The van der Waals surface area contributed by atoms with Gasteiger partial charge in [-0.3, -0.25) is 0 Å². The molecular formula is C14H20N4O. The number of nitrogens with zero attached hydrogens (tertiary/aromatic N) is 3. The lowest BCUT2D eigenvalue weighted by atomic mass is 10.1. The van der Waals surface area contributed by atoms with E-state index in [1.807, 2.05) is 22.8 Å². The summed E-state index contributed by atoms with van der Waals surface area (Å²) >= 11 is 0. The van der Waals surface area contributed by atoms with Crippen LogP contribution in [0.4, 0.5) is 0 Å². The molecule has 0 saturated heterocycles. The molecule has 1 atom stereocenters. The molecule has 2 aromatic rings. The van der Waals surface area contributed by atoms with Crippen molar-refractivity contribution in [2.45, 2.75) is 26.1 Å². The van der Waals surface area contributed by atoms with Gasteiger partial charge >= 0.3 is 0 Å².